The van der Waals surface area contributed by atoms with Gasteiger partial charge >= 0.3 is 5.97 Å². The number of hydrogen-bond donors (Lipinski definition) is 2. The van der Waals surface area contributed by atoms with Gasteiger partial charge in [0.2, 0.25) is 0 Å². The molecule has 0 aliphatic carbocycles. The van der Waals surface area contributed by atoms with Crippen molar-refractivity contribution in [2.24, 2.45) is 0 Å². The molecule has 102 valence electrons. The van der Waals surface area contributed by atoms with E-state index in [1.165, 1.54) is 7.11 Å². The van der Waals surface area contributed by atoms with Gasteiger partial charge in [0, 0.05) is 24.0 Å². The van der Waals surface area contributed by atoms with Crippen LogP contribution in [-0.2, 0) is 11.2 Å². The molecule has 8 heteroatoms. The highest BCUT2D eigenvalue weighted by Crippen LogP contribution is 2.27. The number of thiazole rings is 1. The van der Waals surface area contributed by atoms with Crippen LogP contribution in [0.4, 0.5) is 10.8 Å². The molecular weight excluding hydrogens is 284 g/mol. The van der Waals surface area contributed by atoms with Crippen LogP contribution in [0.5, 0.6) is 0 Å². The first-order valence-corrected chi connectivity index (χ1v) is 7.25. The van der Waals surface area contributed by atoms with Crippen LogP contribution >= 0.6 is 22.9 Å². The molecule has 2 rings (SSSR count). The zero-order valence-corrected chi connectivity index (χ0v) is 12.2. The second-order valence-electron chi connectivity index (χ2n) is 3.82. The van der Waals surface area contributed by atoms with Crippen LogP contribution in [0.3, 0.4) is 0 Å². The number of carbonyl (C=O) groups is 1. The van der Waals surface area contributed by atoms with E-state index < -0.39 is 5.97 Å². The fourth-order valence-electron chi connectivity index (χ4n) is 1.52. The first-order valence-electron chi connectivity index (χ1n) is 5.60. The van der Waals surface area contributed by atoms with E-state index in [4.69, 9.17) is 5.73 Å². The SMILES string of the molecule is COC(=O)c1c(N)nsc1NCCc1nc(C)cs1. The summed E-state index contributed by atoms with van der Waals surface area (Å²) < 4.78 is 8.64. The lowest BCUT2D eigenvalue weighted by atomic mass is 10.3. The third-order valence-electron chi connectivity index (χ3n) is 2.40. The molecule has 2 heterocycles. The number of nitrogens with zero attached hydrogens (tertiary/aromatic N) is 2. The van der Waals surface area contributed by atoms with Crippen molar-refractivity contribution in [3.63, 3.8) is 0 Å². The molecular formula is C11H14N4O2S2. The van der Waals surface area contributed by atoms with E-state index >= 15 is 0 Å². The molecule has 0 unspecified atom stereocenters. The topological polar surface area (TPSA) is 90.1 Å². The maximum Gasteiger partial charge on any atom is 0.344 e. The van der Waals surface area contributed by atoms with Crippen molar-refractivity contribution in [2.75, 3.05) is 24.7 Å². The molecule has 19 heavy (non-hydrogen) atoms. The lowest BCUT2D eigenvalue weighted by Gasteiger charge is -2.04. The summed E-state index contributed by atoms with van der Waals surface area (Å²) in [6, 6.07) is 0. The van der Waals surface area contributed by atoms with Crippen LogP contribution in [0.1, 0.15) is 21.1 Å². The summed E-state index contributed by atoms with van der Waals surface area (Å²) in [5, 5.41) is 6.86. The number of nitrogens with two attached hydrogens (primary N) is 1. The van der Waals surface area contributed by atoms with Crippen molar-refractivity contribution in [1.82, 2.24) is 9.36 Å². The highest BCUT2D eigenvalue weighted by Gasteiger charge is 2.19. The molecule has 0 saturated heterocycles. The Morgan fingerprint density at radius 1 is 1.58 bits per heavy atom. The summed E-state index contributed by atoms with van der Waals surface area (Å²) >= 11 is 2.78. The van der Waals surface area contributed by atoms with Gasteiger partial charge in [0.05, 0.1) is 12.1 Å². The Hall–Kier alpha value is -1.67. The summed E-state index contributed by atoms with van der Waals surface area (Å²) in [5.74, 6) is -0.275. The van der Waals surface area contributed by atoms with Gasteiger partial charge in [-0.2, -0.15) is 4.37 Å². The maximum absolute atomic E-state index is 11.6. The number of rotatable bonds is 5. The van der Waals surface area contributed by atoms with Crippen molar-refractivity contribution in [3.05, 3.63) is 21.6 Å². The Morgan fingerprint density at radius 3 is 3.00 bits per heavy atom. The van der Waals surface area contributed by atoms with E-state index in [1.807, 2.05) is 12.3 Å². The summed E-state index contributed by atoms with van der Waals surface area (Å²) in [7, 11) is 1.32. The van der Waals surface area contributed by atoms with Gasteiger partial charge in [-0.3, -0.25) is 0 Å². The average molecular weight is 298 g/mol. The number of anilines is 2. The van der Waals surface area contributed by atoms with Crippen molar-refractivity contribution in [2.45, 2.75) is 13.3 Å². The smallest absolute Gasteiger partial charge is 0.344 e. The molecule has 0 fully saturated rings. The summed E-state index contributed by atoms with van der Waals surface area (Å²) in [5.41, 5.74) is 6.99. The number of hydrogen-bond acceptors (Lipinski definition) is 8. The minimum absolute atomic E-state index is 0.199. The van der Waals surface area contributed by atoms with Crippen molar-refractivity contribution >= 4 is 39.7 Å². The van der Waals surface area contributed by atoms with Gasteiger partial charge < -0.3 is 15.8 Å². The van der Waals surface area contributed by atoms with Crippen LogP contribution in [0.15, 0.2) is 5.38 Å². The van der Waals surface area contributed by atoms with Gasteiger partial charge in [0.25, 0.3) is 0 Å². The van der Waals surface area contributed by atoms with Gasteiger partial charge in [0.15, 0.2) is 5.82 Å². The monoisotopic (exact) mass is 298 g/mol. The lowest BCUT2D eigenvalue weighted by molar-refractivity contribution is 0.0603. The minimum atomic E-state index is -0.473. The molecule has 6 nitrogen and oxygen atoms in total. The molecule has 0 spiro atoms. The molecule has 0 saturated carbocycles. The molecule has 0 radical (unpaired) electrons. The molecule has 3 N–H and O–H groups in total. The number of nitrogens with one attached hydrogen (secondary N) is 1. The fourth-order valence-corrected chi connectivity index (χ4v) is 3.03. The van der Waals surface area contributed by atoms with Gasteiger partial charge in [-0.05, 0) is 18.5 Å². The van der Waals surface area contributed by atoms with Crippen LogP contribution < -0.4 is 11.1 Å². The van der Waals surface area contributed by atoms with E-state index in [0.717, 1.165) is 28.7 Å². The number of carbonyl (C=O) groups excluding carboxylic acids is 1. The summed E-state index contributed by atoms with van der Waals surface area (Å²) in [6.45, 7) is 2.63. The van der Waals surface area contributed by atoms with Gasteiger partial charge in [0.1, 0.15) is 10.6 Å². The maximum atomic E-state index is 11.6. The van der Waals surface area contributed by atoms with Crippen molar-refractivity contribution in [1.29, 1.82) is 0 Å². The molecule has 0 aromatic carbocycles. The Kier molecular flexibility index (Phi) is 4.33. The first-order chi connectivity index (χ1) is 9.11. The van der Waals surface area contributed by atoms with Gasteiger partial charge in [-0.1, -0.05) is 0 Å². The number of esters is 1. The Morgan fingerprint density at radius 2 is 2.37 bits per heavy atom. The number of ether oxygens (including phenoxy) is 1. The normalized spacial score (nSPS) is 10.4. The van der Waals surface area contributed by atoms with Crippen LogP contribution in [0.25, 0.3) is 0 Å². The van der Waals surface area contributed by atoms with Crippen molar-refractivity contribution < 1.29 is 9.53 Å². The Bertz CT molecular complexity index is 579. The predicted molar refractivity (Wildman–Crippen MR) is 76.9 cm³/mol. The van der Waals surface area contributed by atoms with Crippen LogP contribution in [0, 0.1) is 6.92 Å². The van der Waals surface area contributed by atoms with Gasteiger partial charge in [-0.15, -0.1) is 11.3 Å². The fraction of sp³-hybridized carbons (Fsp3) is 0.364. The second-order valence-corrected chi connectivity index (χ2v) is 5.54. The zero-order valence-electron chi connectivity index (χ0n) is 10.6. The van der Waals surface area contributed by atoms with E-state index in [9.17, 15) is 4.79 Å². The molecule has 2 aromatic heterocycles. The number of methoxy groups -OCH3 is 1. The van der Waals surface area contributed by atoms with E-state index in [-0.39, 0.29) is 5.82 Å². The number of nitrogen functional groups attached to an aromatic ring is 1. The predicted octanol–water partition coefficient (Wildman–Crippen LogP) is 1.93. The molecule has 0 aliphatic rings. The summed E-state index contributed by atoms with van der Waals surface area (Å²) in [6.07, 6.45) is 0.789. The van der Waals surface area contributed by atoms with E-state index in [2.05, 4.69) is 19.4 Å². The number of aryl methyl sites for hydroxylation is 1. The zero-order chi connectivity index (χ0) is 13.8. The largest absolute Gasteiger partial charge is 0.465 e. The highest BCUT2D eigenvalue weighted by atomic mass is 32.1. The number of aromatic nitrogens is 2. The van der Waals surface area contributed by atoms with Gasteiger partial charge in [-0.25, -0.2) is 9.78 Å². The third-order valence-corrected chi connectivity index (χ3v) is 4.24. The first kappa shape index (κ1) is 13.8. The Balaban J connectivity index is 1.98. The van der Waals surface area contributed by atoms with Crippen LogP contribution in [-0.4, -0.2) is 29.0 Å². The standard InChI is InChI=1S/C11H14N4O2S2/c1-6-5-18-7(14-6)3-4-13-10-8(11(16)17-2)9(12)15-19-10/h5,13H,3-4H2,1-2H3,(H2,12,15). The second kappa shape index (κ2) is 5.98. The molecule has 0 amide bonds. The lowest BCUT2D eigenvalue weighted by Crippen LogP contribution is -2.10. The minimum Gasteiger partial charge on any atom is -0.465 e. The molecule has 0 atom stereocenters. The Labute approximate surface area is 118 Å². The van der Waals surface area contributed by atoms with E-state index in [0.29, 0.717) is 17.1 Å². The van der Waals surface area contributed by atoms with Crippen LogP contribution in [0.2, 0.25) is 0 Å². The molecule has 0 bridgehead atoms. The van der Waals surface area contributed by atoms with Crippen molar-refractivity contribution in [3.8, 4) is 0 Å². The van der Waals surface area contributed by atoms with E-state index in [1.54, 1.807) is 11.3 Å². The quantitative estimate of drug-likeness (QED) is 0.820. The third kappa shape index (κ3) is 3.21. The molecule has 0 aliphatic heterocycles. The average Bonchev–Trinajstić information content (AvgIpc) is 2.96. The highest BCUT2D eigenvalue weighted by molar-refractivity contribution is 7.11. The summed E-state index contributed by atoms with van der Waals surface area (Å²) in [4.78, 5) is 15.9. The molecule has 2 aromatic rings.